The lowest BCUT2D eigenvalue weighted by molar-refractivity contribution is -0.118. The number of carbonyl (C=O) groups is 1. The molecule has 0 unspecified atom stereocenters. The summed E-state index contributed by atoms with van der Waals surface area (Å²) in [6, 6.07) is 13.6. The summed E-state index contributed by atoms with van der Waals surface area (Å²) in [5.41, 5.74) is 1.78. The molecule has 9 heteroatoms. The summed E-state index contributed by atoms with van der Waals surface area (Å²) in [7, 11) is -3.73. The van der Waals surface area contributed by atoms with Crippen molar-refractivity contribution < 1.29 is 17.9 Å². The Morgan fingerprint density at radius 1 is 1.10 bits per heavy atom. The first-order valence-electron chi connectivity index (χ1n) is 9.75. The Balaban J connectivity index is 1.54. The lowest BCUT2D eigenvalue weighted by atomic mass is 9.82. The predicted molar refractivity (Wildman–Crippen MR) is 123 cm³/mol. The number of nitrogens with zero attached hydrogens (tertiary/aromatic N) is 1. The van der Waals surface area contributed by atoms with E-state index < -0.39 is 10.0 Å². The minimum Gasteiger partial charge on any atom is -0.484 e. The summed E-state index contributed by atoms with van der Waals surface area (Å²) in [4.78, 5) is 16.2. The molecule has 0 aliphatic rings. The number of hydrogen-bond acceptors (Lipinski definition) is 6. The summed E-state index contributed by atoms with van der Waals surface area (Å²) < 4.78 is 32.6. The Bertz CT molecular complexity index is 1110. The van der Waals surface area contributed by atoms with E-state index in [9.17, 15) is 13.2 Å². The van der Waals surface area contributed by atoms with Gasteiger partial charge in [-0.3, -0.25) is 9.52 Å². The molecule has 2 N–H and O–H groups in total. The Labute approximate surface area is 186 Å². The molecule has 0 atom stereocenters. The van der Waals surface area contributed by atoms with E-state index in [0.29, 0.717) is 16.6 Å². The summed E-state index contributed by atoms with van der Waals surface area (Å²) in [6.45, 7) is 6.36. The zero-order valence-electron chi connectivity index (χ0n) is 17.6. The van der Waals surface area contributed by atoms with Crippen molar-refractivity contribution in [3.63, 3.8) is 0 Å². The van der Waals surface area contributed by atoms with Gasteiger partial charge in [0.25, 0.3) is 15.9 Å². The van der Waals surface area contributed by atoms with Gasteiger partial charge in [-0.25, -0.2) is 13.4 Å². The van der Waals surface area contributed by atoms with Crippen LogP contribution < -0.4 is 14.8 Å². The Morgan fingerprint density at radius 2 is 1.77 bits per heavy atom. The maximum Gasteiger partial charge on any atom is 0.263 e. The van der Waals surface area contributed by atoms with Crippen molar-refractivity contribution in [3.05, 3.63) is 65.7 Å². The molecule has 0 saturated heterocycles. The smallest absolute Gasteiger partial charge is 0.263 e. The van der Waals surface area contributed by atoms with Crippen molar-refractivity contribution in [3.8, 4) is 5.75 Å². The fourth-order valence-corrected chi connectivity index (χ4v) is 4.51. The summed E-state index contributed by atoms with van der Waals surface area (Å²) in [6.07, 6.45) is 2.54. The van der Waals surface area contributed by atoms with E-state index in [2.05, 4.69) is 35.8 Å². The van der Waals surface area contributed by atoms with Crippen LogP contribution in [0.4, 0.5) is 10.8 Å². The maximum absolute atomic E-state index is 12.3. The number of nitrogens with one attached hydrogen (secondary N) is 2. The van der Waals surface area contributed by atoms with E-state index in [1.54, 1.807) is 5.38 Å². The summed E-state index contributed by atoms with van der Waals surface area (Å²) >= 11 is 1.19. The number of amides is 1. The number of carbonyl (C=O) groups excluding carboxylic acids is 1. The van der Waals surface area contributed by atoms with Gasteiger partial charge in [-0.1, -0.05) is 32.9 Å². The lowest BCUT2D eigenvalue weighted by Gasteiger charge is -2.23. The zero-order chi connectivity index (χ0) is 22.5. The van der Waals surface area contributed by atoms with Gasteiger partial charge in [-0.15, -0.1) is 11.3 Å². The van der Waals surface area contributed by atoms with Crippen molar-refractivity contribution in [2.75, 3.05) is 16.6 Å². The first-order valence-corrected chi connectivity index (χ1v) is 12.1. The highest BCUT2D eigenvalue weighted by Crippen LogP contribution is 2.28. The standard InChI is InChI=1S/C22H25N3O4S2/c1-4-22(2,3)16-5-9-18(10-6-16)29-15-20(26)24-17-7-11-19(12-8-17)31(27,28)25-21-23-13-14-30-21/h5-14H,4,15H2,1-3H3,(H,23,25)(H,24,26). The molecule has 2 aromatic carbocycles. The van der Waals surface area contributed by atoms with Crippen LogP contribution in [-0.4, -0.2) is 25.9 Å². The van der Waals surface area contributed by atoms with Gasteiger partial charge in [0, 0.05) is 17.3 Å². The van der Waals surface area contributed by atoms with Crippen LogP contribution in [0.2, 0.25) is 0 Å². The number of hydrogen-bond donors (Lipinski definition) is 2. The molecule has 1 amide bonds. The molecule has 1 heterocycles. The third kappa shape index (κ3) is 6.05. The number of anilines is 2. The van der Waals surface area contributed by atoms with Crippen molar-refractivity contribution >= 4 is 38.1 Å². The van der Waals surface area contributed by atoms with Crippen LogP contribution in [0.1, 0.15) is 32.8 Å². The lowest BCUT2D eigenvalue weighted by Crippen LogP contribution is -2.20. The zero-order valence-corrected chi connectivity index (χ0v) is 19.2. The fourth-order valence-electron chi connectivity index (χ4n) is 2.72. The number of ether oxygens (including phenoxy) is 1. The van der Waals surface area contributed by atoms with E-state index in [1.807, 2.05) is 24.3 Å². The molecule has 0 aliphatic carbocycles. The summed E-state index contributed by atoms with van der Waals surface area (Å²) in [5, 5.41) is 4.66. The molecule has 0 radical (unpaired) electrons. The van der Waals surface area contributed by atoms with Gasteiger partial charge >= 0.3 is 0 Å². The van der Waals surface area contributed by atoms with E-state index >= 15 is 0 Å². The van der Waals surface area contributed by atoms with E-state index in [1.165, 1.54) is 47.4 Å². The average molecular weight is 460 g/mol. The van der Waals surface area contributed by atoms with Gasteiger partial charge in [-0.2, -0.15) is 0 Å². The molecule has 1 aromatic heterocycles. The highest BCUT2D eigenvalue weighted by Gasteiger charge is 2.18. The Kier molecular flexibility index (Phi) is 6.97. The molecule has 0 saturated carbocycles. The maximum atomic E-state index is 12.3. The second-order valence-electron chi connectivity index (χ2n) is 7.57. The Morgan fingerprint density at radius 3 is 2.35 bits per heavy atom. The molecule has 3 rings (SSSR count). The van der Waals surface area contributed by atoms with E-state index in [4.69, 9.17) is 4.74 Å². The van der Waals surface area contributed by atoms with Gasteiger partial charge in [0.05, 0.1) is 4.90 Å². The van der Waals surface area contributed by atoms with Gasteiger partial charge in [0.2, 0.25) is 0 Å². The molecule has 0 spiro atoms. The van der Waals surface area contributed by atoms with Crippen LogP contribution in [0.3, 0.4) is 0 Å². The van der Waals surface area contributed by atoms with Crippen LogP contribution in [0.25, 0.3) is 0 Å². The second kappa shape index (κ2) is 9.49. The molecule has 0 aliphatic heterocycles. The SMILES string of the molecule is CCC(C)(C)c1ccc(OCC(=O)Nc2ccc(S(=O)(=O)Nc3nccs3)cc2)cc1. The van der Waals surface area contributed by atoms with Crippen LogP contribution >= 0.6 is 11.3 Å². The normalized spacial score (nSPS) is 11.7. The van der Waals surface area contributed by atoms with Crippen molar-refractivity contribution in [1.29, 1.82) is 0 Å². The molecule has 0 bridgehead atoms. The van der Waals surface area contributed by atoms with Crippen molar-refractivity contribution in [2.45, 2.75) is 37.5 Å². The third-order valence-electron chi connectivity index (χ3n) is 4.99. The molecular weight excluding hydrogens is 434 g/mol. The average Bonchev–Trinajstić information content (AvgIpc) is 3.25. The van der Waals surface area contributed by atoms with Gasteiger partial charge in [-0.05, 0) is 53.8 Å². The second-order valence-corrected chi connectivity index (χ2v) is 10.1. The van der Waals surface area contributed by atoms with Crippen LogP contribution in [0, 0.1) is 0 Å². The quantitative estimate of drug-likeness (QED) is 0.485. The topological polar surface area (TPSA) is 97.4 Å². The first-order chi connectivity index (χ1) is 14.7. The molecule has 31 heavy (non-hydrogen) atoms. The molecule has 164 valence electrons. The number of thiazole rings is 1. The van der Waals surface area contributed by atoms with Crippen LogP contribution in [-0.2, 0) is 20.2 Å². The van der Waals surface area contributed by atoms with Gasteiger partial charge < -0.3 is 10.1 Å². The minimum atomic E-state index is -3.73. The molecular formula is C22H25N3O4S2. The number of benzene rings is 2. The largest absolute Gasteiger partial charge is 0.484 e. The summed E-state index contributed by atoms with van der Waals surface area (Å²) in [5.74, 6) is 0.273. The number of rotatable bonds is 9. The molecule has 3 aromatic rings. The van der Waals surface area contributed by atoms with E-state index in [0.717, 1.165) is 6.42 Å². The van der Waals surface area contributed by atoms with Crippen LogP contribution in [0.5, 0.6) is 5.75 Å². The minimum absolute atomic E-state index is 0.0760. The Hall–Kier alpha value is -2.91. The molecule has 0 fully saturated rings. The monoisotopic (exact) mass is 459 g/mol. The highest BCUT2D eigenvalue weighted by molar-refractivity contribution is 7.93. The fraction of sp³-hybridized carbons (Fsp3) is 0.273. The number of aromatic nitrogens is 1. The van der Waals surface area contributed by atoms with Gasteiger partial charge in [0.1, 0.15) is 5.75 Å². The van der Waals surface area contributed by atoms with Crippen LogP contribution in [0.15, 0.2) is 65.0 Å². The molecule has 7 nitrogen and oxygen atoms in total. The number of sulfonamides is 1. The van der Waals surface area contributed by atoms with Crippen molar-refractivity contribution in [2.24, 2.45) is 0 Å². The predicted octanol–water partition coefficient (Wildman–Crippen LogP) is 4.65. The van der Waals surface area contributed by atoms with Crippen molar-refractivity contribution in [1.82, 2.24) is 4.98 Å². The van der Waals surface area contributed by atoms with Gasteiger partial charge in [0.15, 0.2) is 11.7 Å². The van der Waals surface area contributed by atoms with E-state index in [-0.39, 0.29) is 22.8 Å². The third-order valence-corrected chi connectivity index (χ3v) is 7.16. The highest BCUT2D eigenvalue weighted by atomic mass is 32.2. The first kappa shape index (κ1) is 22.8.